The Hall–Kier alpha value is -1.21. The second-order valence-electron chi connectivity index (χ2n) is 1.89. The largest absolute Gasteiger partial charge is 0.673 e. The number of aromatic nitrogens is 2. The van der Waals surface area contributed by atoms with Crippen LogP contribution in [0.25, 0.3) is 0 Å². The second-order valence-corrected chi connectivity index (χ2v) is 1.89. The maximum absolute atomic E-state index is 9.75. The number of imidazole rings is 1. The van der Waals surface area contributed by atoms with E-state index >= 15 is 0 Å². The quantitative estimate of drug-likeness (QED) is 0.473. The van der Waals surface area contributed by atoms with Crippen LogP contribution >= 0.6 is 0 Å². The van der Waals surface area contributed by atoms with Crippen molar-refractivity contribution in [2.45, 2.75) is 0 Å². The molecular formula is C4H7BF4N2O. The first kappa shape index (κ1) is 10.8. The Balaban J connectivity index is 0.000000217. The van der Waals surface area contributed by atoms with E-state index in [9.17, 15) is 17.3 Å². The van der Waals surface area contributed by atoms with E-state index in [0.717, 1.165) is 0 Å². The fraction of sp³-hybridized carbons (Fsp3) is 0.250. The fourth-order valence-electron chi connectivity index (χ4n) is 0.396. The summed E-state index contributed by atoms with van der Waals surface area (Å²) in [4.78, 5) is 2.59. The van der Waals surface area contributed by atoms with Gasteiger partial charge in [0, 0.05) is 0 Å². The molecule has 70 valence electrons. The molecule has 0 spiro atoms. The molecule has 1 rings (SSSR count). The normalized spacial score (nSPS) is 10.4. The third-order valence-corrected chi connectivity index (χ3v) is 0.845. The Morgan fingerprint density at radius 3 is 1.92 bits per heavy atom. The van der Waals surface area contributed by atoms with Crippen LogP contribution < -0.4 is 4.98 Å². The molecule has 0 radical (unpaired) electrons. The lowest BCUT2D eigenvalue weighted by molar-refractivity contribution is -0.394. The first-order valence-electron chi connectivity index (χ1n) is 2.90. The number of hydrogen-bond acceptors (Lipinski definition) is 1. The van der Waals surface area contributed by atoms with Gasteiger partial charge in [0.15, 0.2) is 0 Å². The van der Waals surface area contributed by atoms with E-state index in [4.69, 9.17) is 5.11 Å². The standard InChI is InChI=1S/C4H6N2O.BF4/c1-6-3-2-5-4(6)7;2-1(3,4)5/h2-3H,1H3,(H,5,7);/q;-1/p+1. The summed E-state index contributed by atoms with van der Waals surface area (Å²) < 4.78 is 40.6. The molecule has 0 amide bonds. The fourth-order valence-corrected chi connectivity index (χ4v) is 0.396. The molecule has 0 atom stereocenters. The predicted molar refractivity (Wildman–Crippen MR) is 33.8 cm³/mol. The van der Waals surface area contributed by atoms with Crippen molar-refractivity contribution >= 4 is 7.25 Å². The number of rotatable bonds is 0. The summed E-state index contributed by atoms with van der Waals surface area (Å²) in [5.74, 6) is 0. The molecule has 0 bridgehead atoms. The van der Waals surface area contributed by atoms with Gasteiger partial charge in [0.2, 0.25) is 0 Å². The summed E-state index contributed by atoms with van der Waals surface area (Å²) in [5.41, 5.74) is 0. The van der Waals surface area contributed by atoms with Crippen molar-refractivity contribution in [1.29, 1.82) is 0 Å². The monoisotopic (exact) mass is 186 g/mol. The molecule has 0 aliphatic heterocycles. The van der Waals surface area contributed by atoms with Crippen LogP contribution in [0.3, 0.4) is 0 Å². The van der Waals surface area contributed by atoms with Crippen molar-refractivity contribution in [3.63, 3.8) is 0 Å². The number of aryl methyl sites for hydroxylation is 1. The van der Waals surface area contributed by atoms with Gasteiger partial charge in [-0.25, -0.2) is 9.55 Å². The lowest BCUT2D eigenvalue weighted by atomic mass is 10.3. The van der Waals surface area contributed by atoms with Gasteiger partial charge in [-0.3, -0.25) is 0 Å². The van der Waals surface area contributed by atoms with Crippen molar-refractivity contribution in [3.05, 3.63) is 12.4 Å². The van der Waals surface area contributed by atoms with Gasteiger partial charge in [-0.2, -0.15) is 0 Å². The van der Waals surface area contributed by atoms with Gasteiger partial charge in [0.25, 0.3) is 0 Å². The van der Waals surface area contributed by atoms with Gasteiger partial charge >= 0.3 is 13.3 Å². The topological polar surface area (TPSA) is 39.3 Å². The van der Waals surface area contributed by atoms with Gasteiger partial charge in [0.05, 0.1) is 7.05 Å². The highest BCUT2D eigenvalue weighted by atomic mass is 19.5. The van der Waals surface area contributed by atoms with Crippen LogP contribution in [0.4, 0.5) is 17.3 Å². The molecule has 0 unspecified atom stereocenters. The van der Waals surface area contributed by atoms with Gasteiger partial charge in [0.1, 0.15) is 12.4 Å². The molecule has 8 heteroatoms. The molecule has 1 aromatic rings. The number of halogens is 4. The molecule has 0 fully saturated rings. The lowest BCUT2D eigenvalue weighted by Gasteiger charge is -1.94. The highest BCUT2D eigenvalue weighted by Gasteiger charge is 2.20. The highest BCUT2D eigenvalue weighted by molar-refractivity contribution is 6.50. The Kier molecular flexibility index (Phi) is 3.58. The molecular weight excluding hydrogens is 179 g/mol. The smallest absolute Gasteiger partial charge is 0.446 e. The number of hydrogen-bond donors (Lipinski definition) is 1. The molecule has 0 aromatic carbocycles. The Labute approximate surface area is 65.8 Å². The van der Waals surface area contributed by atoms with E-state index in [2.05, 4.69) is 4.98 Å². The minimum Gasteiger partial charge on any atom is -0.446 e. The van der Waals surface area contributed by atoms with Crippen LogP contribution in [0.5, 0.6) is 6.01 Å². The van der Waals surface area contributed by atoms with Crippen LogP contribution in [-0.4, -0.2) is 16.9 Å². The summed E-state index contributed by atoms with van der Waals surface area (Å²) >= 11 is 0. The molecule has 2 N–H and O–H groups in total. The molecule has 0 aliphatic carbocycles. The summed E-state index contributed by atoms with van der Waals surface area (Å²) in [6.07, 6.45) is 3.39. The van der Waals surface area contributed by atoms with E-state index < -0.39 is 7.25 Å². The average Bonchev–Trinajstić information content (AvgIpc) is 2.12. The molecule has 1 aromatic heterocycles. The SMILES string of the molecule is Cn1cc[nH+]c1O.F[B-](F)(F)F. The second kappa shape index (κ2) is 3.98. The third-order valence-electron chi connectivity index (χ3n) is 0.845. The van der Waals surface area contributed by atoms with Crippen molar-refractivity contribution in [3.8, 4) is 6.01 Å². The summed E-state index contributed by atoms with van der Waals surface area (Å²) in [6, 6.07) is 0.181. The third kappa shape index (κ3) is 6.91. The van der Waals surface area contributed by atoms with Gasteiger partial charge in [-0.1, -0.05) is 0 Å². The number of nitrogens with zero attached hydrogens (tertiary/aromatic N) is 1. The number of aromatic hydroxyl groups is 1. The van der Waals surface area contributed by atoms with Gasteiger partial charge < -0.3 is 22.4 Å². The van der Waals surface area contributed by atoms with E-state index in [1.54, 1.807) is 24.0 Å². The highest BCUT2D eigenvalue weighted by Crippen LogP contribution is 2.06. The minimum atomic E-state index is -6.00. The predicted octanol–water partition coefficient (Wildman–Crippen LogP) is 0.845. The number of aromatic amines is 1. The van der Waals surface area contributed by atoms with Crippen LogP contribution in [0.2, 0.25) is 0 Å². The van der Waals surface area contributed by atoms with Crippen molar-refractivity contribution in [2.24, 2.45) is 7.05 Å². The van der Waals surface area contributed by atoms with Gasteiger partial charge in [-0.15, -0.1) is 0 Å². The van der Waals surface area contributed by atoms with Crippen LogP contribution in [0.1, 0.15) is 0 Å². The number of H-pyrrole nitrogens is 1. The summed E-state index contributed by atoms with van der Waals surface area (Å²) in [6.45, 7) is 0. The van der Waals surface area contributed by atoms with E-state index in [1.165, 1.54) is 0 Å². The molecule has 3 nitrogen and oxygen atoms in total. The summed E-state index contributed by atoms with van der Waals surface area (Å²) in [5, 5.41) is 8.67. The van der Waals surface area contributed by atoms with Crippen molar-refractivity contribution in [1.82, 2.24) is 4.57 Å². The summed E-state index contributed by atoms with van der Waals surface area (Å²) in [7, 11) is -4.24. The van der Waals surface area contributed by atoms with Crippen LogP contribution in [0, 0.1) is 0 Å². The Morgan fingerprint density at radius 1 is 1.42 bits per heavy atom. The van der Waals surface area contributed by atoms with E-state index in [-0.39, 0.29) is 6.01 Å². The maximum atomic E-state index is 9.75. The van der Waals surface area contributed by atoms with Crippen LogP contribution in [0.15, 0.2) is 12.4 Å². The average molecular weight is 186 g/mol. The zero-order valence-electron chi connectivity index (χ0n) is 6.14. The van der Waals surface area contributed by atoms with E-state index in [0.29, 0.717) is 0 Å². The van der Waals surface area contributed by atoms with Gasteiger partial charge in [-0.05, 0) is 0 Å². The molecule has 0 saturated heterocycles. The zero-order valence-corrected chi connectivity index (χ0v) is 6.14. The molecule has 1 heterocycles. The van der Waals surface area contributed by atoms with Crippen molar-refractivity contribution < 1.29 is 27.4 Å². The lowest BCUT2D eigenvalue weighted by Crippen LogP contribution is -2.02. The van der Waals surface area contributed by atoms with Crippen LogP contribution in [-0.2, 0) is 7.05 Å². The number of nitrogens with one attached hydrogen (secondary N) is 1. The Morgan fingerprint density at radius 2 is 1.83 bits per heavy atom. The zero-order chi connectivity index (χ0) is 9.78. The molecule has 12 heavy (non-hydrogen) atoms. The molecule has 0 aliphatic rings. The first-order chi connectivity index (χ1) is 5.30. The first-order valence-corrected chi connectivity index (χ1v) is 2.90. The molecule has 0 saturated carbocycles. The minimum absolute atomic E-state index is 0.181. The van der Waals surface area contributed by atoms with E-state index in [1.807, 2.05) is 0 Å². The Bertz CT molecular complexity index is 213. The maximum Gasteiger partial charge on any atom is 0.673 e. The van der Waals surface area contributed by atoms with Crippen molar-refractivity contribution in [2.75, 3.05) is 0 Å².